The van der Waals surface area contributed by atoms with Gasteiger partial charge >= 0.3 is 0 Å². The lowest BCUT2D eigenvalue weighted by molar-refractivity contribution is -0.120. The molecule has 33 heavy (non-hydrogen) atoms. The van der Waals surface area contributed by atoms with Gasteiger partial charge in [0.2, 0.25) is 15.9 Å². The molecule has 1 N–H and O–H groups in total. The maximum atomic E-state index is 13.0. The minimum atomic E-state index is -3.60. The fourth-order valence-electron chi connectivity index (χ4n) is 4.26. The van der Waals surface area contributed by atoms with Crippen molar-refractivity contribution in [2.75, 3.05) is 49.5 Å². The molecule has 2 aromatic carbocycles. The Balaban J connectivity index is 1.66. The van der Waals surface area contributed by atoms with Crippen molar-refractivity contribution < 1.29 is 13.2 Å². The van der Waals surface area contributed by atoms with Gasteiger partial charge in [0.25, 0.3) is 0 Å². The Morgan fingerprint density at radius 2 is 1.70 bits per heavy atom. The van der Waals surface area contributed by atoms with Crippen LogP contribution >= 0.6 is 0 Å². The lowest BCUT2D eigenvalue weighted by Crippen LogP contribution is -2.52. The molecule has 2 aromatic rings. The quantitative estimate of drug-likeness (QED) is 0.637. The summed E-state index contributed by atoms with van der Waals surface area (Å²) >= 11 is 0. The van der Waals surface area contributed by atoms with Crippen molar-refractivity contribution in [1.29, 1.82) is 0 Å². The van der Waals surface area contributed by atoms with E-state index in [0.29, 0.717) is 24.3 Å². The Morgan fingerprint density at radius 1 is 1.03 bits per heavy atom. The molecule has 1 fully saturated rings. The smallest absolute Gasteiger partial charge is 0.243 e. The number of hydrogen-bond acceptors (Lipinski definition) is 5. The van der Waals surface area contributed by atoms with Crippen molar-refractivity contribution in [3.8, 4) is 0 Å². The first-order valence-corrected chi connectivity index (χ1v) is 13.1. The van der Waals surface area contributed by atoms with Gasteiger partial charge in [-0.2, -0.15) is 4.31 Å². The fourth-order valence-corrected chi connectivity index (χ4v) is 5.97. The molecule has 1 saturated heterocycles. The molecule has 1 amide bonds. The Bertz CT molecular complexity index is 1070. The van der Waals surface area contributed by atoms with Gasteiger partial charge in [0, 0.05) is 50.6 Å². The van der Waals surface area contributed by atoms with Gasteiger partial charge in [-0.25, -0.2) is 8.42 Å². The molecule has 7 nitrogen and oxygen atoms in total. The molecule has 0 bridgehead atoms. The first-order valence-electron chi connectivity index (χ1n) is 11.6. The van der Waals surface area contributed by atoms with Crippen LogP contribution in [0.25, 0.3) is 0 Å². The Kier molecular flexibility index (Phi) is 8.15. The standard InChI is InChI=1S/C25H36N4O3S/c1-6-29(7-2)33(31,32)24-18-22(12-11-20(24)4)26-25(30)21(5)27-13-15-28(16-14-27)23-10-8-9-19(3)17-23/h8-12,17-18,21H,6-7,13-16H2,1-5H3,(H,26,30). The molecular weight excluding hydrogens is 436 g/mol. The zero-order valence-electron chi connectivity index (χ0n) is 20.3. The summed E-state index contributed by atoms with van der Waals surface area (Å²) in [5.41, 5.74) is 3.62. The Morgan fingerprint density at radius 3 is 2.30 bits per heavy atom. The van der Waals surface area contributed by atoms with Gasteiger partial charge in [0.05, 0.1) is 10.9 Å². The second-order valence-corrected chi connectivity index (χ2v) is 10.5. The zero-order valence-corrected chi connectivity index (χ0v) is 21.2. The van der Waals surface area contributed by atoms with Crippen LogP contribution in [0.1, 0.15) is 31.9 Å². The molecule has 0 aliphatic carbocycles. The van der Waals surface area contributed by atoms with E-state index in [1.165, 1.54) is 15.6 Å². The summed E-state index contributed by atoms with van der Waals surface area (Å²) < 4.78 is 27.4. The van der Waals surface area contributed by atoms with Crippen LogP contribution in [-0.2, 0) is 14.8 Å². The van der Waals surface area contributed by atoms with Crippen LogP contribution in [0.2, 0.25) is 0 Å². The molecule has 180 valence electrons. The van der Waals surface area contributed by atoms with Crippen molar-refractivity contribution >= 4 is 27.3 Å². The molecule has 1 aliphatic rings. The molecule has 8 heteroatoms. The molecular formula is C25H36N4O3S. The lowest BCUT2D eigenvalue weighted by atomic mass is 10.1. The van der Waals surface area contributed by atoms with Gasteiger partial charge in [-0.1, -0.05) is 32.0 Å². The molecule has 1 unspecified atom stereocenters. The largest absolute Gasteiger partial charge is 0.369 e. The van der Waals surface area contributed by atoms with Crippen LogP contribution in [0.3, 0.4) is 0 Å². The summed E-state index contributed by atoms with van der Waals surface area (Å²) in [7, 11) is -3.60. The molecule has 0 radical (unpaired) electrons. The fraction of sp³-hybridized carbons (Fsp3) is 0.480. The van der Waals surface area contributed by atoms with Crippen LogP contribution in [-0.4, -0.2) is 68.8 Å². The number of rotatable bonds is 8. The molecule has 1 atom stereocenters. The SMILES string of the molecule is CCN(CC)S(=O)(=O)c1cc(NC(=O)C(C)N2CCN(c3cccc(C)c3)CC2)ccc1C. The normalized spacial score (nSPS) is 16.1. The predicted octanol–water partition coefficient (Wildman–Crippen LogP) is 3.48. The number of aryl methyl sites for hydroxylation is 2. The van der Waals surface area contributed by atoms with Crippen LogP contribution < -0.4 is 10.2 Å². The number of nitrogens with zero attached hydrogens (tertiary/aromatic N) is 3. The highest BCUT2D eigenvalue weighted by atomic mass is 32.2. The van der Waals surface area contributed by atoms with Gasteiger partial charge in [-0.3, -0.25) is 9.69 Å². The number of carbonyl (C=O) groups is 1. The second kappa shape index (κ2) is 10.7. The first-order chi connectivity index (χ1) is 15.7. The highest BCUT2D eigenvalue weighted by Gasteiger charge is 2.27. The summed E-state index contributed by atoms with van der Waals surface area (Å²) in [6, 6.07) is 13.2. The van der Waals surface area contributed by atoms with E-state index < -0.39 is 10.0 Å². The Hall–Kier alpha value is -2.42. The summed E-state index contributed by atoms with van der Waals surface area (Å²) in [6.45, 7) is 13.5. The zero-order chi connectivity index (χ0) is 24.2. The number of benzene rings is 2. The number of sulfonamides is 1. The number of anilines is 2. The highest BCUT2D eigenvalue weighted by molar-refractivity contribution is 7.89. The van der Waals surface area contributed by atoms with Gasteiger partial charge in [0.15, 0.2) is 0 Å². The van der Waals surface area contributed by atoms with Crippen LogP contribution in [0.4, 0.5) is 11.4 Å². The maximum absolute atomic E-state index is 13.0. The van der Waals surface area contributed by atoms with Gasteiger partial charge in [0.1, 0.15) is 0 Å². The summed E-state index contributed by atoms with van der Waals surface area (Å²) in [6.07, 6.45) is 0. The monoisotopic (exact) mass is 472 g/mol. The molecule has 0 aromatic heterocycles. The highest BCUT2D eigenvalue weighted by Crippen LogP contribution is 2.24. The van der Waals surface area contributed by atoms with E-state index in [2.05, 4.69) is 46.3 Å². The number of hydrogen-bond donors (Lipinski definition) is 1. The lowest BCUT2D eigenvalue weighted by Gasteiger charge is -2.38. The molecule has 3 rings (SSSR count). The van der Waals surface area contributed by atoms with E-state index in [4.69, 9.17) is 0 Å². The number of piperazine rings is 1. The molecule has 1 aliphatic heterocycles. The second-order valence-electron chi connectivity index (χ2n) is 8.60. The van der Waals surface area contributed by atoms with Crippen molar-refractivity contribution in [1.82, 2.24) is 9.21 Å². The van der Waals surface area contributed by atoms with Crippen molar-refractivity contribution in [3.63, 3.8) is 0 Å². The summed E-state index contributed by atoms with van der Waals surface area (Å²) in [4.78, 5) is 17.7. The van der Waals surface area contributed by atoms with E-state index in [1.807, 2.05) is 20.8 Å². The van der Waals surface area contributed by atoms with Gasteiger partial charge in [-0.15, -0.1) is 0 Å². The van der Waals surface area contributed by atoms with E-state index in [-0.39, 0.29) is 16.8 Å². The predicted molar refractivity (Wildman–Crippen MR) is 134 cm³/mol. The number of nitrogens with one attached hydrogen (secondary N) is 1. The Labute approximate surface area is 198 Å². The third-order valence-corrected chi connectivity index (χ3v) is 8.58. The molecule has 0 saturated carbocycles. The van der Waals surface area contributed by atoms with E-state index in [0.717, 1.165) is 26.2 Å². The maximum Gasteiger partial charge on any atom is 0.243 e. The third-order valence-electron chi connectivity index (χ3n) is 6.39. The average molecular weight is 473 g/mol. The van der Waals surface area contributed by atoms with Gasteiger partial charge in [-0.05, 0) is 56.2 Å². The number of amides is 1. The summed E-state index contributed by atoms with van der Waals surface area (Å²) in [5.74, 6) is -0.131. The van der Waals surface area contributed by atoms with E-state index in [1.54, 1.807) is 25.1 Å². The van der Waals surface area contributed by atoms with Crippen LogP contribution in [0.5, 0.6) is 0 Å². The first kappa shape index (κ1) is 25.2. The van der Waals surface area contributed by atoms with Gasteiger partial charge < -0.3 is 10.2 Å². The minimum absolute atomic E-state index is 0.131. The van der Waals surface area contributed by atoms with E-state index >= 15 is 0 Å². The minimum Gasteiger partial charge on any atom is -0.369 e. The topological polar surface area (TPSA) is 73.0 Å². The van der Waals surface area contributed by atoms with Crippen molar-refractivity contribution in [3.05, 3.63) is 53.6 Å². The molecule has 1 heterocycles. The number of carbonyl (C=O) groups excluding carboxylic acids is 1. The van der Waals surface area contributed by atoms with Crippen molar-refractivity contribution in [2.45, 2.75) is 45.6 Å². The van der Waals surface area contributed by atoms with Crippen molar-refractivity contribution in [2.24, 2.45) is 0 Å². The molecule has 0 spiro atoms. The summed E-state index contributed by atoms with van der Waals surface area (Å²) in [5, 5.41) is 2.93. The van der Waals surface area contributed by atoms with Crippen LogP contribution in [0.15, 0.2) is 47.4 Å². The van der Waals surface area contributed by atoms with E-state index in [9.17, 15) is 13.2 Å². The third kappa shape index (κ3) is 5.75. The van der Waals surface area contributed by atoms with Crippen LogP contribution in [0, 0.1) is 13.8 Å². The average Bonchev–Trinajstić information content (AvgIpc) is 2.80.